The van der Waals surface area contributed by atoms with Crippen molar-refractivity contribution in [2.45, 2.75) is 58.5 Å². The van der Waals surface area contributed by atoms with Crippen LogP contribution in [0.1, 0.15) is 58.3 Å². The van der Waals surface area contributed by atoms with Crippen molar-refractivity contribution in [1.29, 1.82) is 0 Å². The molecule has 96 valence electrons. The van der Waals surface area contributed by atoms with E-state index in [4.69, 9.17) is 0 Å². The maximum atomic E-state index is 4.22. The molecule has 1 aliphatic carbocycles. The normalized spacial score (nSPS) is 27.3. The Balaban J connectivity index is 1.96. The van der Waals surface area contributed by atoms with Crippen LogP contribution in [-0.4, -0.2) is 21.2 Å². The molecule has 0 radical (unpaired) electrons. The number of hydrogen-bond donors (Lipinski definition) is 2. The number of H-pyrrole nitrogens is 1. The first-order chi connectivity index (χ1) is 8.18. The monoisotopic (exact) mass is 236 g/mol. The van der Waals surface area contributed by atoms with E-state index in [0.717, 1.165) is 17.7 Å². The van der Waals surface area contributed by atoms with Crippen LogP contribution in [-0.2, 0) is 0 Å². The number of hydrogen-bond acceptors (Lipinski definition) is 3. The van der Waals surface area contributed by atoms with Crippen molar-refractivity contribution in [3.63, 3.8) is 0 Å². The average Bonchev–Trinajstić information content (AvgIpc) is 2.83. The second kappa shape index (κ2) is 5.63. The molecular weight excluding hydrogens is 212 g/mol. The minimum atomic E-state index is 0.266. The van der Waals surface area contributed by atoms with Crippen LogP contribution in [0.4, 0.5) is 0 Å². The largest absolute Gasteiger partial charge is 0.304 e. The molecule has 1 saturated carbocycles. The Morgan fingerprint density at radius 2 is 2.06 bits per heavy atom. The van der Waals surface area contributed by atoms with Gasteiger partial charge in [0, 0.05) is 6.04 Å². The third-order valence-electron chi connectivity index (χ3n) is 3.98. The van der Waals surface area contributed by atoms with E-state index >= 15 is 0 Å². The second-order valence-electron chi connectivity index (χ2n) is 5.56. The molecule has 3 unspecified atom stereocenters. The molecule has 1 aromatic rings. The maximum absolute atomic E-state index is 4.22. The van der Waals surface area contributed by atoms with E-state index in [2.05, 4.69) is 41.3 Å². The summed E-state index contributed by atoms with van der Waals surface area (Å²) >= 11 is 0. The molecule has 17 heavy (non-hydrogen) atoms. The van der Waals surface area contributed by atoms with Crippen LogP contribution in [0.2, 0.25) is 0 Å². The van der Waals surface area contributed by atoms with E-state index in [-0.39, 0.29) is 6.04 Å². The molecule has 1 fully saturated rings. The van der Waals surface area contributed by atoms with Gasteiger partial charge in [0.15, 0.2) is 0 Å². The number of nitrogens with zero attached hydrogens (tertiary/aromatic N) is 2. The summed E-state index contributed by atoms with van der Waals surface area (Å²) in [7, 11) is 0. The van der Waals surface area contributed by atoms with Gasteiger partial charge >= 0.3 is 0 Å². The Labute approximate surface area is 104 Å². The lowest BCUT2D eigenvalue weighted by atomic mass is 9.77. The molecule has 0 saturated heterocycles. The lowest BCUT2D eigenvalue weighted by Gasteiger charge is -2.36. The van der Waals surface area contributed by atoms with E-state index in [0.29, 0.717) is 6.04 Å². The lowest BCUT2D eigenvalue weighted by molar-refractivity contribution is 0.193. The first kappa shape index (κ1) is 12.6. The third-order valence-corrected chi connectivity index (χ3v) is 3.98. The first-order valence-corrected chi connectivity index (χ1v) is 6.79. The summed E-state index contributed by atoms with van der Waals surface area (Å²) in [6.45, 7) is 6.83. The third kappa shape index (κ3) is 3.06. The number of aromatic amines is 1. The Morgan fingerprint density at radius 1 is 1.29 bits per heavy atom. The van der Waals surface area contributed by atoms with Gasteiger partial charge < -0.3 is 5.32 Å². The van der Waals surface area contributed by atoms with Gasteiger partial charge in [0.1, 0.15) is 12.2 Å². The van der Waals surface area contributed by atoms with Crippen LogP contribution in [0.5, 0.6) is 0 Å². The predicted molar refractivity (Wildman–Crippen MR) is 68.5 cm³/mol. The molecule has 4 heteroatoms. The van der Waals surface area contributed by atoms with E-state index in [9.17, 15) is 0 Å². The zero-order valence-corrected chi connectivity index (χ0v) is 11.1. The fraction of sp³-hybridized carbons (Fsp3) is 0.846. The highest BCUT2D eigenvalue weighted by atomic mass is 15.2. The van der Waals surface area contributed by atoms with Crippen LogP contribution < -0.4 is 5.32 Å². The maximum Gasteiger partial charge on any atom is 0.141 e. The van der Waals surface area contributed by atoms with Crippen molar-refractivity contribution in [3.8, 4) is 0 Å². The van der Waals surface area contributed by atoms with Gasteiger partial charge in [-0.2, -0.15) is 5.10 Å². The summed E-state index contributed by atoms with van der Waals surface area (Å²) in [6, 6.07) is 0.894. The topological polar surface area (TPSA) is 53.6 Å². The number of nitrogens with one attached hydrogen (secondary N) is 2. The first-order valence-electron chi connectivity index (χ1n) is 6.79. The quantitative estimate of drug-likeness (QED) is 0.845. The summed E-state index contributed by atoms with van der Waals surface area (Å²) in [5, 5.41) is 10.6. The Kier molecular flexibility index (Phi) is 4.15. The van der Waals surface area contributed by atoms with Crippen LogP contribution in [0, 0.1) is 11.8 Å². The Bertz CT molecular complexity index is 320. The number of aromatic nitrogens is 3. The van der Waals surface area contributed by atoms with E-state index < -0.39 is 0 Å². The van der Waals surface area contributed by atoms with E-state index in [1.165, 1.54) is 25.7 Å². The molecule has 0 aliphatic heterocycles. The summed E-state index contributed by atoms with van der Waals surface area (Å²) in [4.78, 5) is 4.22. The zero-order chi connectivity index (χ0) is 12.3. The van der Waals surface area contributed by atoms with Crippen LogP contribution in [0.25, 0.3) is 0 Å². The summed E-state index contributed by atoms with van der Waals surface area (Å²) in [6.07, 6.45) is 6.97. The average molecular weight is 236 g/mol. The van der Waals surface area contributed by atoms with Gasteiger partial charge in [-0.1, -0.05) is 26.7 Å². The SMILES string of the molecule is CC(NC1CCCCC1C(C)C)c1ncn[nH]1. The van der Waals surface area contributed by atoms with E-state index in [1.54, 1.807) is 6.33 Å². The van der Waals surface area contributed by atoms with Crippen molar-refractivity contribution in [2.24, 2.45) is 11.8 Å². The molecule has 1 aromatic heterocycles. The van der Waals surface area contributed by atoms with Gasteiger partial charge in [-0.25, -0.2) is 4.98 Å². The number of rotatable bonds is 4. The van der Waals surface area contributed by atoms with Crippen molar-refractivity contribution in [2.75, 3.05) is 0 Å². The van der Waals surface area contributed by atoms with Crippen LogP contribution in [0.3, 0.4) is 0 Å². The standard InChI is InChI=1S/C13H24N4/c1-9(2)11-6-4-5-7-12(11)16-10(3)13-14-8-15-17-13/h8-12,16H,4-7H2,1-3H3,(H,14,15,17). The molecule has 0 bridgehead atoms. The van der Waals surface area contributed by atoms with Gasteiger partial charge in [0.25, 0.3) is 0 Å². The lowest BCUT2D eigenvalue weighted by Crippen LogP contribution is -2.42. The van der Waals surface area contributed by atoms with Crippen LogP contribution >= 0.6 is 0 Å². The highest BCUT2D eigenvalue weighted by molar-refractivity contribution is 4.93. The summed E-state index contributed by atoms with van der Waals surface area (Å²) in [5.41, 5.74) is 0. The summed E-state index contributed by atoms with van der Waals surface area (Å²) in [5.74, 6) is 2.50. The molecule has 1 aliphatic rings. The zero-order valence-electron chi connectivity index (χ0n) is 11.1. The van der Waals surface area contributed by atoms with Gasteiger partial charge in [0.05, 0.1) is 6.04 Å². The molecule has 4 nitrogen and oxygen atoms in total. The smallest absolute Gasteiger partial charge is 0.141 e. The molecule has 0 aromatic carbocycles. The van der Waals surface area contributed by atoms with Crippen LogP contribution in [0.15, 0.2) is 6.33 Å². The molecule has 1 heterocycles. The molecule has 2 rings (SSSR count). The highest BCUT2D eigenvalue weighted by Gasteiger charge is 2.28. The van der Waals surface area contributed by atoms with E-state index in [1.807, 2.05) is 0 Å². The molecule has 2 N–H and O–H groups in total. The fourth-order valence-corrected chi connectivity index (χ4v) is 2.99. The van der Waals surface area contributed by atoms with Crippen molar-refractivity contribution < 1.29 is 0 Å². The molecular formula is C13H24N4. The van der Waals surface area contributed by atoms with Gasteiger partial charge in [-0.05, 0) is 31.6 Å². The van der Waals surface area contributed by atoms with Gasteiger partial charge in [-0.15, -0.1) is 0 Å². The fourth-order valence-electron chi connectivity index (χ4n) is 2.99. The molecule has 0 spiro atoms. The highest BCUT2D eigenvalue weighted by Crippen LogP contribution is 2.31. The minimum Gasteiger partial charge on any atom is -0.304 e. The van der Waals surface area contributed by atoms with Gasteiger partial charge in [0.2, 0.25) is 0 Å². The second-order valence-corrected chi connectivity index (χ2v) is 5.56. The van der Waals surface area contributed by atoms with Crippen molar-refractivity contribution in [1.82, 2.24) is 20.5 Å². The van der Waals surface area contributed by atoms with Crippen molar-refractivity contribution in [3.05, 3.63) is 12.2 Å². The predicted octanol–water partition coefficient (Wildman–Crippen LogP) is 2.67. The van der Waals surface area contributed by atoms with Gasteiger partial charge in [-0.3, -0.25) is 5.10 Å². The molecule has 0 amide bonds. The minimum absolute atomic E-state index is 0.266. The summed E-state index contributed by atoms with van der Waals surface area (Å²) < 4.78 is 0. The van der Waals surface area contributed by atoms with Crippen molar-refractivity contribution >= 4 is 0 Å². The Morgan fingerprint density at radius 3 is 2.71 bits per heavy atom. The Hall–Kier alpha value is -0.900. The molecule has 3 atom stereocenters.